The first-order valence-electron chi connectivity index (χ1n) is 2.01. The van der Waals surface area contributed by atoms with Crippen LogP contribution in [0.4, 0.5) is 0 Å². The SMILES string of the molecule is BS(=O)(=O)NCC. The molecular weight excluding hydrogens is 113 g/mol. The summed E-state index contributed by atoms with van der Waals surface area (Å²) >= 11 is 0. The Bertz CT molecular complexity index is 129. The van der Waals surface area contributed by atoms with E-state index in [4.69, 9.17) is 0 Å². The molecule has 0 aromatic carbocycles. The Morgan fingerprint density at radius 3 is 2.14 bits per heavy atom. The van der Waals surface area contributed by atoms with Crippen LogP contribution in [0.2, 0.25) is 0 Å². The molecule has 0 saturated heterocycles. The first-order chi connectivity index (χ1) is 3.06. The zero-order valence-electron chi connectivity index (χ0n) is 4.43. The lowest BCUT2D eigenvalue weighted by Gasteiger charge is -1.92. The van der Waals surface area contributed by atoms with Crippen LogP contribution in [0.3, 0.4) is 0 Å². The van der Waals surface area contributed by atoms with E-state index in [0.717, 1.165) is 7.12 Å². The minimum absolute atomic E-state index is 0.471. The standard InChI is InChI=1S/C2H8BNO2S/c1-2-4-7(3,5)6/h4H,2-3H2,1H3. The summed E-state index contributed by atoms with van der Waals surface area (Å²) in [6.45, 7) is 2.21. The van der Waals surface area contributed by atoms with Gasteiger partial charge in [0.05, 0.1) is 0 Å². The van der Waals surface area contributed by atoms with Crippen molar-refractivity contribution in [1.29, 1.82) is 0 Å². The van der Waals surface area contributed by atoms with Gasteiger partial charge in [-0.3, -0.25) is 0 Å². The molecule has 0 atom stereocenters. The molecule has 0 amide bonds. The highest BCUT2D eigenvalue weighted by molar-refractivity contribution is 8.10. The number of rotatable bonds is 2. The fourth-order valence-electron chi connectivity index (χ4n) is 0.262. The van der Waals surface area contributed by atoms with Gasteiger partial charge in [0.25, 0.3) is 7.12 Å². The second kappa shape index (κ2) is 2.33. The maximum atomic E-state index is 10.1. The van der Waals surface area contributed by atoms with Gasteiger partial charge in [-0.1, -0.05) is 6.92 Å². The van der Waals surface area contributed by atoms with Crippen molar-refractivity contribution >= 4 is 17.0 Å². The predicted molar refractivity (Wildman–Crippen MR) is 31.1 cm³/mol. The Hall–Kier alpha value is -0.0251. The smallest absolute Gasteiger partial charge is 0.226 e. The van der Waals surface area contributed by atoms with Crippen LogP contribution < -0.4 is 4.72 Å². The van der Waals surface area contributed by atoms with Gasteiger partial charge in [-0.25, -0.2) is 13.1 Å². The molecule has 5 heteroatoms. The molecule has 0 aliphatic carbocycles. The van der Waals surface area contributed by atoms with Crippen molar-refractivity contribution in [3.8, 4) is 0 Å². The molecule has 3 nitrogen and oxygen atoms in total. The van der Waals surface area contributed by atoms with E-state index in [1.165, 1.54) is 0 Å². The van der Waals surface area contributed by atoms with Crippen LogP contribution in [0.5, 0.6) is 0 Å². The topological polar surface area (TPSA) is 46.2 Å². The third kappa shape index (κ3) is 5.97. The quantitative estimate of drug-likeness (QED) is 0.450. The fraction of sp³-hybridized carbons (Fsp3) is 1.00. The minimum Gasteiger partial charge on any atom is -0.226 e. The lowest BCUT2D eigenvalue weighted by atomic mass is 10.8. The van der Waals surface area contributed by atoms with Gasteiger partial charge < -0.3 is 0 Å². The summed E-state index contributed by atoms with van der Waals surface area (Å²) in [5.41, 5.74) is 0. The van der Waals surface area contributed by atoms with E-state index in [0.29, 0.717) is 6.54 Å². The Labute approximate surface area is 44.5 Å². The fourth-order valence-corrected chi connectivity index (χ4v) is 0.787. The number of hydrogen-bond donors (Lipinski definition) is 1. The van der Waals surface area contributed by atoms with E-state index < -0.39 is 9.87 Å². The van der Waals surface area contributed by atoms with Gasteiger partial charge in [-0.2, -0.15) is 0 Å². The van der Waals surface area contributed by atoms with Crippen molar-refractivity contribution in [2.75, 3.05) is 6.54 Å². The van der Waals surface area contributed by atoms with Crippen molar-refractivity contribution in [2.24, 2.45) is 0 Å². The van der Waals surface area contributed by atoms with Gasteiger partial charge in [0, 0.05) is 6.54 Å². The molecule has 0 heterocycles. The molecule has 0 aromatic heterocycles. The zero-order valence-corrected chi connectivity index (χ0v) is 5.25. The molecular formula is C2H8BNO2S. The first kappa shape index (κ1) is 6.97. The highest BCUT2D eigenvalue weighted by Crippen LogP contribution is 1.65. The predicted octanol–water partition coefficient (Wildman–Crippen LogP) is -1.53. The molecule has 1 N–H and O–H groups in total. The molecule has 0 fully saturated rings. The Morgan fingerprint density at radius 1 is 1.71 bits per heavy atom. The van der Waals surface area contributed by atoms with E-state index in [2.05, 4.69) is 4.72 Å². The van der Waals surface area contributed by atoms with Crippen molar-refractivity contribution in [2.45, 2.75) is 6.92 Å². The Kier molecular flexibility index (Phi) is 2.32. The van der Waals surface area contributed by atoms with Crippen LogP contribution in [0.1, 0.15) is 6.92 Å². The summed E-state index contributed by atoms with van der Waals surface area (Å²) < 4.78 is 22.5. The van der Waals surface area contributed by atoms with E-state index in [9.17, 15) is 8.42 Å². The molecule has 0 rings (SSSR count). The molecule has 7 heavy (non-hydrogen) atoms. The summed E-state index contributed by atoms with van der Waals surface area (Å²) in [4.78, 5) is 0. The zero-order chi connectivity index (χ0) is 5.91. The van der Waals surface area contributed by atoms with Crippen LogP contribution in [0.15, 0.2) is 0 Å². The normalized spacial score (nSPS) is 11.6. The molecule has 0 aromatic rings. The highest BCUT2D eigenvalue weighted by Gasteiger charge is 1.92. The molecule has 0 radical (unpaired) electrons. The van der Waals surface area contributed by atoms with E-state index in [1.54, 1.807) is 6.92 Å². The van der Waals surface area contributed by atoms with Crippen LogP contribution in [-0.4, -0.2) is 22.1 Å². The van der Waals surface area contributed by atoms with E-state index >= 15 is 0 Å². The van der Waals surface area contributed by atoms with E-state index in [1.807, 2.05) is 0 Å². The number of nitrogens with one attached hydrogen (secondary N) is 1. The lowest BCUT2D eigenvalue weighted by molar-refractivity contribution is 0.598. The van der Waals surface area contributed by atoms with Crippen LogP contribution in [-0.2, 0) is 9.87 Å². The second-order valence-corrected chi connectivity index (χ2v) is 3.10. The average Bonchev–Trinajstić information content (AvgIpc) is 1.30. The van der Waals surface area contributed by atoms with Gasteiger partial charge in [0.1, 0.15) is 0 Å². The summed E-state index contributed by atoms with van der Waals surface area (Å²) in [5, 5.41) is 0. The van der Waals surface area contributed by atoms with Crippen LogP contribution in [0.25, 0.3) is 0 Å². The summed E-state index contributed by atoms with van der Waals surface area (Å²) in [5.74, 6) is 0. The molecule has 0 spiro atoms. The average molecular weight is 121 g/mol. The monoisotopic (exact) mass is 121 g/mol. The molecule has 0 aliphatic rings. The molecule has 42 valence electrons. The van der Waals surface area contributed by atoms with Gasteiger partial charge >= 0.3 is 0 Å². The molecule has 0 aliphatic heterocycles. The van der Waals surface area contributed by atoms with Crippen molar-refractivity contribution in [3.63, 3.8) is 0 Å². The van der Waals surface area contributed by atoms with Gasteiger partial charge in [-0.15, -0.1) is 0 Å². The largest absolute Gasteiger partial charge is 0.275 e. The highest BCUT2D eigenvalue weighted by atomic mass is 32.2. The third-order valence-corrected chi connectivity index (χ3v) is 1.22. The molecule has 0 bridgehead atoms. The van der Waals surface area contributed by atoms with Crippen LogP contribution >= 0.6 is 0 Å². The van der Waals surface area contributed by atoms with E-state index in [-0.39, 0.29) is 0 Å². The van der Waals surface area contributed by atoms with Crippen LogP contribution in [0, 0.1) is 0 Å². The van der Waals surface area contributed by atoms with Gasteiger partial charge in [0.2, 0.25) is 0 Å². The Balaban J connectivity index is 3.60. The van der Waals surface area contributed by atoms with Gasteiger partial charge in [0.15, 0.2) is 9.87 Å². The maximum absolute atomic E-state index is 10.1. The lowest BCUT2D eigenvalue weighted by Crippen LogP contribution is -2.22. The summed E-state index contributed by atoms with van der Waals surface area (Å²) in [6.07, 6.45) is 0. The van der Waals surface area contributed by atoms with Crippen molar-refractivity contribution < 1.29 is 8.42 Å². The number of hydrogen-bond acceptors (Lipinski definition) is 2. The van der Waals surface area contributed by atoms with Crippen molar-refractivity contribution in [3.05, 3.63) is 0 Å². The van der Waals surface area contributed by atoms with Crippen molar-refractivity contribution in [1.82, 2.24) is 4.72 Å². The third-order valence-electron chi connectivity index (χ3n) is 0.407. The molecule has 0 unspecified atom stereocenters. The maximum Gasteiger partial charge on any atom is 0.275 e. The summed E-state index contributed by atoms with van der Waals surface area (Å²) in [6, 6.07) is 0. The minimum atomic E-state index is -2.92. The Morgan fingerprint density at radius 2 is 2.14 bits per heavy atom. The first-order valence-corrected chi connectivity index (χ1v) is 3.90. The summed E-state index contributed by atoms with van der Waals surface area (Å²) in [7, 11) is -1.79. The van der Waals surface area contributed by atoms with Gasteiger partial charge in [-0.05, 0) is 0 Å². The molecule has 0 saturated carbocycles. The second-order valence-electron chi connectivity index (χ2n) is 1.27.